The zero-order valence-electron chi connectivity index (χ0n) is 13.3. The van der Waals surface area contributed by atoms with Crippen LogP contribution in [-0.4, -0.2) is 38.8 Å². The van der Waals surface area contributed by atoms with Gasteiger partial charge in [0.05, 0.1) is 4.90 Å². The van der Waals surface area contributed by atoms with Crippen molar-refractivity contribution >= 4 is 22.8 Å². The molecule has 0 saturated carbocycles. The van der Waals surface area contributed by atoms with Crippen LogP contribution in [0, 0.1) is 5.92 Å². The van der Waals surface area contributed by atoms with Gasteiger partial charge in [-0.25, -0.2) is 13.3 Å². The van der Waals surface area contributed by atoms with Gasteiger partial charge in [0.15, 0.2) is 0 Å². The maximum atomic E-state index is 12.7. The molecule has 6 nitrogen and oxygen atoms in total. The minimum Gasteiger partial charge on any atom is -0.465 e. The first-order chi connectivity index (χ1) is 10.3. The number of nitrogens with two attached hydrogens (primary N) is 1. The van der Waals surface area contributed by atoms with Crippen LogP contribution in [0.25, 0.3) is 0 Å². The lowest BCUT2D eigenvalue weighted by molar-refractivity contribution is 0.189. The van der Waals surface area contributed by atoms with Crippen molar-refractivity contribution in [2.75, 3.05) is 18.8 Å². The van der Waals surface area contributed by atoms with Gasteiger partial charge in [-0.2, -0.15) is 0 Å². The quantitative estimate of drug-likeness (QED) is 0.638. The summed E-state index contributed by atoms with van der Waals surface area (Å²) in [6.45, 7) is 7.15. The van der Waals surface area contributed by atoms with Crippen LogP contribution in [0.2, 0.25) is 0 Å². The van der Waals surface area contributed by atoms with Crippen LogP contribution in [0.15, 0.2) is 29.2 Å². The van der Waals surface area contributed by atoms with Crippen molar-refractivity contribution in [3.8, 4) is 0 Å². The Balaban J connectivity index is 2.72. The van der Waals surface area contributed by atoms with E-state index in [9.17, 15) is 9.00 Å². The van der Waals surface area contributed by atoms with Gasteiger partial charge in [0.2, 0.25) is 0 Å². The molecular weight excluding hydrogens is 302 g/mol. The smallest absolute Gasteiger partial charge is 0.404 e. The van der Waals surface area contributed by atoms with Gasteiger partial charge in [-0.3, -0.25) is 0 Å². The maximum Gasteiger partial charge on any atom is 0.404 e. The monoisotopic (exact) mass is 327 g/mol. The van der Waals surface area contributed by atoms with E-state index in [-0.39, 0.29) is 6.04 Å². The summed E-state index contributed by atoms with van der Waals surface area (Å²) in [5.74, 6) is 0.362. The highest BCUT2D eigenvalue weighted by molar-refractivity contribution is 7.82. The van der Waals surface area contributed by atoms with Crippen LogP contribution in [0.1, 0.15) is 27.2 Å². The molecule has 0 aliphatic carbocycles. The van der Waals surface area contributed by atoms with Gasteiger partial charge >= 0.3 is 6.09 Å². The zero-order chi connectivity index (χ0) is 16.7. The second-order valence-corrected chi connectivity index (χ2v) is 7.23. The van der Waals surface area contributed by atoms with Gasteiger partial charge < -0.3 is 16.2 Å². The number of anilines is 1. The number of carboxylic acid groups (broad SMARTS) is 1. The van der Waals surface area contributed by atoms with E-state index >= 15 is 0 Å². The molecule has 7 heteroatoms. The second kappa shape index (κ2) is 8.75. The molecule has 124 valence electrons. The molecule has 2 atom stereocenters. The van der Waals surface area contributed by atoms with Gasteiger partial charge in [-0.05, 0) is 43.5 Å². The number of carbonyl (C=O) groups is 1. The fraction of sp³-hybridized carbons (Fsp3) is 0.533. The third-order valence-electron chi connectivity index (χ3n) is 3.07. The minimum atomic E-state index is -1.28. The molecule has 0 saturated heterocycles. The molecule has 22 heavy (non-hydrogen) atoms. The number of hydrogen-bond donors (Lipinski definition) is 3. The number of benzene rings is 1. The van der Waals surface area contributed by atoms with Crippen molar-refractivity contribution in [2.45, 2.75) is 38.1 Å². The van der Waals surface area contributed by atoms with Crippen molar-refractivity contribution in [1.29, 1.82) is 0 Å². The van der Waals surface area contributed by atoms with Gasteiger partial charge in [0, 0.05) is 24.8 Å². The molecule has 0 spiro atoms. The SMILES string of the molecule is CC(C)CN(CCC(C)NC(=O)O)S(=O)c1ccc(N)cc1. The van der Waals surface area contributed by atoms with Crippen LogP contribution in [0.5, 0.6) is 0 Å². The Hall–Kier alpha value is -1.60. The highest BCUT2D eigenvalue weighted by Gasteiger charge is 2.18. The largest absolute Gasteiger partial charge is 0.465 e. The molecule has 0 aliphatic rings. The highest BCUT2D eigenvalue weighted by Crippen LogP contribution is 2.15. The Kier molecular flexibility index (Phi) is 7.34. The van der Waals surface area contributed by atoms with E-state index in [0.717, 1.165) is 0 Å². The number of rotatable bonds is 8. The lowest BCUT2D eigenvalue weighted by atomic mass is 10.2. The number of amides is 1. The normalized spacial score (nSPS) is 14.0. The first-order valence-electron chi connectivity index (χ1n) is 7.31. The van der Waals surface area contributed by atoms with Crippen LogP contribution >= 0.6 is 0 Å². The van der Waals surface area contributed by atoms with E-state index in [1.54, 1.807) is 31.2 Å². The molecule has 4 N–H and O–H groups in total. The third-order valence-corrected chi connectivity index (χ3v) is 4.54. The fourth-order valence-corrected chi connectivity index (χ4v) is 3.37. The molecule has 1 aromatic carbocycles. The average molecular weight is 327 g/mol. The molecule has 2 unspecified atom stereocenters. The third kappa shape index (κ3) is 6.44. The topological polar surface area (TPSA) is 95.7 Å². The standard InChI is InChI=1S/C15H25N3O3S/c1-11(2)10-18(9-8-12(3)17-15(19)20)22(21)14-6-4-13(16)5-7-14/h4-7,11-12,17H,8-10,16H2,1-3H3,(H,19,20). The van der Waals surface area contributed by atoms with Crippen molar-refractivity contribution in [1.82, 2.24) is 9.62 Å². The number of hydrogen-bond acceptors (Lipinski definition) is 3. The van der Waals surface area contributed by atoms with Crippen molar-refractivity contribution < 1.29 is 14.1 Å². The molecule has 0 bridgehead atoms. The first kappa shape index (κ1) is 18.4. The molecule has 0 aromatic heterocycles. The summed E-state index contributed by atoms with van der Waals surface area (Å²) in [6, 6.07) is 6.80. The number of nitrogens with zero attached hydrogens (tertiary/aromatic N) is 1. The molecule has 0 heterocycles. The van der Waals surface area contributed by atoms with E-state index in [4.69, 9.17) is 10.8 Å². The molecule has 0 radical (unpaired) electrons. The van der Waals surface area contributed by atoms with Crippen molar-refractivity contribution in [3.63, 3.8) is 0 Å². The van der Waals surface area contributed by atoms with E-state index in [0.29, 0.717) is 36.0 Å². The Morgan fingerprint density at radius 1 is 1.32 bits per heavy atom. The summed E-state index contributed by atoms with van der Waals surface area (Å²) in [5, 5.41) is 11.1. The van der Waals surface area contributed by atoms with Crippen LogP contribution in [0.4, 0.5) is 10.5 Å². The van der Waals surface area contributed by atoms with Gasteiger partial charge in [0.1, 0.15) is 11.0 Å². The summed E-state index contributed by atoms with van der Waals surface area (Å²) in [7, 11) is -1.28. The zero-order valence-corrected chi connectivity index (χ0v) is 14.1. The number of nitrogens with one attached hydrogen (secondary N) is 1. The number of nitrogen functional groups attached to an aromatic ring is 1. The Morgan fingerprint density at radius 2 is 1.91 bits per heavy atom. The Labute approximate surface area is 134 Å². The maximum absolute atomic E-state index is 12.7. The van der Waals surface area contributed by atoms with Gasteiger partial charge in [0.25, 0.3) is 0 Å². The van der Waals surface area contributed by atoms with Gasteiger partial charge in [-0.15, -0.1) is 0 Å². The summed E-state index contributed by atoms with van der Waals surface area (Å²) in [5.41, 5.74) is 6.29. The fourth-order valence-electron chi connectivity index (χ4n) is 2.00. The van der Waals surface area contributed by atoms with Crippen LogP contribution < -0.4 is 11.1 Å². The summed E-state index contributed by atoms with van der Waals surface area (Å²) in [6.07, 6.45) is -0.442. The predicted octanol–water partition coefficient (Wildman–Crippen LogP) is 2.30. The molecule has 0 aliphatic heterocycles. The predicted molar refractivity (Wildman–Crippen MR) is 88.9 cm³/mol. The lowest BCUT2D eigenvalue weighted by Crippen LogP contribution is -2.37. The van der Waals surface area contributed by atoms with Gasteiger partial charge in [-0.1, -0.05) is 13.8 Å². The average Bonchev–Trinajstić information content (AvgIpc) is 2.42. The van der Waals surface area contributed by atoms with E-state index < -0.39 is 17.1 Å². The van der Waals surface area contributed by atoms with E-state index in [1.807, 2.05) is 4.31 Å². The first-order valence-corrected chi connectivity index (χ1v) is 8.42. The summed E-state index contributed by atoms with van der Waals surface area (Å²) >= 11 is 0. The molecular formula is C15H25N3O3S. The lowest BCUT2D eigenvalue weighted by Gasteiger charge is -2.24. The van der Waals surface area contributed by atoms with Crippen LogP contribution in [0.3, 0.4) is 0 Å². The molecule has 1 rings (SSSR count). The second-order valence-electron chi connectivity index (χ2n) is 5.74. The van der Waals surface area contributed by atoms with E-state index in [2.05, 4.69) is 19.2 Å². The molecule has 1 aromatic rings. The van der Waals surface area contributed by atoms with Crippen LogP contribution in [-0.2, 0) is 11.0 Å². The Bertz CT molecular complexity index is 505. The van der Waals surface area contributed by atoms with Crippen molar-refractivity contribution in [3.05, 3.63) is 24.3 Å². The Morgan fingerprint density at radius 3 is 2.41 bits per heavy atom. The van der Waals surface area contributed by atoms with Crippen molar-refractivity contribution in [2.24, 2.45) is 5.92 Å². The minimum absolute atomic E-state index is 0.185. The highest BCUT2D eigenvalue weighted by atomic mass is 32.2. The summed E-state index contributed by atoms with van der Waals surface area (Å²) < 4.78 is 14.6. The van der Waals surface area contributed by atoms with E-state index in [1.165, 1.54) is 0 Å². The molecule has 1 amide bonds. The molecule has 0 fully saturated rings. The summed E-state index contributed by atoms with van der Waals surface area (Å²) in [4.78, 5) is 11.3.